The molecule has 0 saturated heterocycles. The van der Waals surface area contributed by atoms with Gasteiger partial charge < -0.3 is 21.1 Å². The van der Waals surface area contributed by atoms with Gasteiger partial charge in [-0.15, -0.1) is 0 Å². The first-order valence-electron chi connectivity index (χ1n) is 6.05. The fourth-order valence-corrected chi connectivity index (χ4v) is 2.32. The number of nitrogens with zero attached hydrogens (tertiary/aromatic N) is 1. The van der Waals surface area contributed by atoms with Gasteiger partial charge >= 0.3 is 12.0 Å². The van der Waals surface area contributed by atoms with Crippen LogP contribution in [0.25, 0.3) is 0 Å². The summed E-state index contributed by atoms with van der Waals surface area (Å²) in [7, 11) is 0. The van der Waals surface area contributed by atoms with Crippen LogP contribution in [0.1, 0.15) is 27.7 Å². The van der Waals surface area contributed by atoms with E-state index in [9.17, 15) is 14.4 Å². The Bertz CT molecular complexity index is 387. The smallest absolute Gasteiger partial charge is 0.323 e. The van der Waals surface area contributed by atoms with E-state index in [2.05, 4.69) is 5.32 Å². The Morgan fingerprint density at radius 2 is 1.63 bits per heavy atom. The maximum absolute atomic E-state index is 12.0. The highest BCUT2D eigenvalue weighted by Gasteiger charge is 2.65. The molecule has 0 aromatic carbocycles. The molecule has 0 aromatic heterocycles. The molecule has 1 rings (SSSR count). The molecule has 0 heterocycles. The van der Waals surface area contributed by atoms with Gasteiger partial charge in [-0.1, -0.05) is 27.7 Å². The van der Waals surface area contributed by atoms with Crippen molar-refractivity contribution in [1.29, 1.82) is 0 Å². The molecule has 108 valence electrons. The first-order valence-corrected chi connectivity index (χ1v) is 6.05. The van der Waals surface area contributed by atoms with Crippen molar-refractivity contribution in [2.75, 3.05) is 13.1 Å². The number of aliphatic carboxylic acids is 1. The molecule has 4 N–H and O–H groups in total. The first kappa shape index (κ1) is 15.3. The first-order chi connectivity index (χ1) is 8.50. The third-order valence-corrected chi connectivity index (χ3v) is 4.25. The number of hydrogen-bond acceptors (Lipinski definition) is 3. The van der Waals surface area contributed by atoms with Crippen molar-refractivity contribution in [3.8, 4) is 0 Å². The molecule has 1 aliphatic carbocycles. The van der Waals surface area contributed by atoms with Crippen LogP contribution in [0.4, 0.5) is 4.79 Å². The Labute approximate surface area is 112 Å². The zero-order valence-corrected chi connectivity index (χ0v) is 11.7. The molecule has 19 heavy (non-hydrogen) atoms. The van der Waals surface area contributed by atoms with Crippen LogP contribution in [-0.2, 0) is 9.59 Å². The van der Waals surface area contributed by atoms with E-state index in [1.54, 1.807) is 0 Å². The lowest BCUT2D eigenvalue weighted by molar-refractivity contribution is -0.137. The summed E-state index contributed by atoms with van der Waals surface area (Å²) in [6, 6.07) is -0.637. The van der Waals surface area contributed by atoms with Crippen LogP contribution >= 0.6 is 0 Å². The lowest BCUT2D eigenvalue weighted by Gasteiger charge is -2.20. The number of carboxylic acid groups (broad SMARTS) is 1. The number of primary amides is 1. The number of nitrogens with two attached hydrogens (primary N) is 1. The second-order valence-corrected chi connectivity index (χ2v) is 6.04. The minimum atomic E-state index is -1.19. The summed E-state index contributed by atoms with van der Waals surface area (Å²) in [6.45, 7) is 7.12. The van der Waals surface area contributed by atoms with E-state index in [0.29, 0.717) is 0 Å². The number of urea groups is 1. The predicted octanol–water partition coefficient (Wildman–Crippen LogP) is 0.00250. The van der Waals surface area contributed by atoms with Crippen LogP contribution in [0, 0.1) is 10.8 Å². The monoisotopic (exact) mass is 271 g/mol. The van der Waals surface area contributed by atoms with Gasteiger partial charge in [-0.3, -0.25) is 9.59 Å². The maximum atomic E-state index is 12.0. The van der Waals surface area contributed by atoms with Crippen molar-refractivity contribution in [2.24, 2.45) is 16.6 Å². The zero-order valence-electron chi connectivity index (χ0n) is 11.7. The van der Waals surface area contributed by atoms with Gasteiger partial charge in [0.25, 0.3) is 0 Å². The molecular weight excluding hydrogens is 250 g/mol. The quantitative estimate of drug-likeness (QED) is 0.653. The Morgan fingerprint density at radius 1 is 1.16 bits per heavy atom. The van der Waals surface area contributed by atoms with E-state index >= 15 is 0 Å². The molecule has 7 heteroatoms. The maximum Gasteiger partial charge on any atom is 0.323 e. The van der Waals surface area contributed by atoms with Gasteiger partial charge in [0.05, 0.1) is 0 Å². The minimum absolute atomic E-state index is 0.0586. The molecule has 1 fully saturated rings. The Morgan fingerprint density at radius 3 is 1.95 bits per heavy atom. The predicted molar refractivity (Wildman–Crippen MR) is 68.3 cm³/mol. The third-order valence-electron chi connectivity index (χ3n) is 4.25. The molecule has 3 amide bonds. The van der Waals surface area contributed by atoms with E-state index in [4.69, 9.17) is 10.8 Å². The lowest BCUT2D eigenvalue weighted by Crippen LogP contribution is -2.48. The number of carbonyl (C=O) groups is 3. The van der Waals surface area contributed by atoms with E-state index < -0.39 is 31.0 Å². The summed E-state index contributed by atoms with van der Waals surface area (Å²) in [6.07, 6.45) is 0. The summed E-state index contributed by atoms with van der Waals surface area (Å²) < 4.78 is 0. The molecule has 0 bridgehead atoms. The fraction of sp³-hybridized carbons (Fsp3) is 0.750. The molecule has 7 nitrogen and oxygen atoms in total. The highest BCUT2D eigenvalue weighted by molar-refractivity contribution is 5.86. The van der Waals surface area contributed by atoms with Crippen molar-refractivity contribution < 1.29 is 19.5 Å². The van der Waals surface area contributed by atoms with Crippen LogP contribution in [0.15, 0.2) is 0 Å². The van der Waals surface area contributed by atoms with Crippen LogP contribution in [-0.4, -0.2) is 47.0 Å². The van der Waals surface area contributed by atoms with Crippen LogP contribution < -0.4 is 11.1 Å². The van der Waals surface area contributed by atoms with E-state index in [1.165, 1.54) is 0 Å². The van der Waals surface area contributed by atoms with E-state index in [1.807, 2.05) is 27.7 Å². The Hall–Kier alpha value is -1.79. The second-order valence-electron chi connectivity index (χ2n) is 6.04. The molecule has 0 aliphatic heterocycles. The van der Waals surface area contributed by atoms with Gasteiger partial charge in [-0.2, -0.15) is 0 Å². The molecule has 1 aliphatic rings. The average molecular weight is 271 g/mol. The molecule has 1 saturated carbocycles. The molecule has 0 radical (unpaired) electrons. The third kappa shape index (κ3) is 2.97. The Kier molecular flexibility index (Phi) is 3.79. The summed E-state index contributed by atoms with van der Waals surface area (Å²) >= 11 is 0. The molecular formula is C12H21N3O4. The summed E-state index contributed by atoms with van der Waals surface area (Å²) in [5.74, 6) is -1.93. The SMILES string of the molecule is CC1(C)C(NC(=O)N(CC(N)=O)CC(=O)O)C1(C)C. The number of carboxylic acids is 1. The summed E-state index contributed by atoms with van der Waals surface area (Å²) in [4.78, 5) is 34.4. The van der Waals surface area contributed by atoms with Crippen LogP contribution in [0.2, 0.25) is 0 Å². The van der Waals surface area contributed by atoms with Gasteiger partial charge in [0.2, 0.25) is 5.91 Å². The lowest BCUT2D eigenvalue weighted by atomic mass is 10.0. The van der Waals surface area contributed by atoms with Gasteiger partial charge in [0, 0.05) is 6.04 Å². The fourth-order valence-electron chi connectivity index (χ4n) is 2.32. The highest BCUT2D eigenvalue weighted by atomic mass is 16.4. The van der Waals surface area contributed by atoms with Gasteiger partial charge in [-0.25, -0.2) is 4.79 Å². The number of nitrogens with one attached hydrogen (secondary N) is 1. The van der Waals surface area contributed by atoms with E-state index in [-0.39, 0.29) is 16.9 Å². The standard InChI is InChI=1S/C12H21N3O4/c1-11(2)9(12(11,3)4)14-10(19)15(5-7(13)16)6-8(17)18/h9H,5-6H2,1-4H3,(H2,13,16)(H,14,19)(H,17,18). The normalized spacial score (nSPS) is 19.6. The molecule has 0 spiro atoms. The number of hydrogen-bond donors (Lipinski definition) is 3. The van der Waals surface area contributed by atoms with Crippen molar-refractivity contribution in [2.45, 2.75) is 33.7 Å². The summed E-state index contributed by atoms with van der Waals surface area (Å²) in [5.41, 5.74) is 4.88. The van der Waals surface area contributed by atoms with Gasteiger partial charge in [0.15, 0.2) is 0 Å². The van der Waals surface area contributed by atoms with Crippen molar-refractivity contribution >= 4 is 17.9 Å². The molecule has 0 atom stereocenters. The number of amides is 3. The largest absolute Gasteiger partial charge is 0.480 e. The Balaban J connectivity index is 2.68. The zero-order chi connectivity index (χ0) is 15.0. The minimum Gasteiger partial charge on any atom is -0.480 e. The average Bonchev–Trinajstić information content (AvgIpc) is 2.58. The van der Waals surface area contributed by atoms with E-state index in [0.717, 1.165) is 4.90 Å². The van der Waals surface area contributed by atoms with Crippen molar-refractivity contribution in [3.63, 3.8) is 0 Å². The topological polar surface area (TPSA) is 113 Å². The molecule has 0 unspecified atom stereocenters. The number of carbonyl (C=O) groups excluding carboxylic acids is 2. The summed E-state index contributed by atoms with van der Waals surface area (Å²) in [5, 5.41) is 11.5. The van der Waals surface area contributed by atoms with Crippen molar-refractivity contribution in [3.05, 3.63) is 0 Å². The van der Waals surface area contributed by atoms with Crippen LogP contribution in [0.3, 0.4) is 0 Å². The highest BCUT2D eigenvalue weighted by Crippen LogP contribution is 2.62. The second kappa shape index (κ2) is 4.71. The van der Waals surface area contributed by atoms with Gasteiger partial charge in [-0.05, 0) is 10.8 Å². The van der Waals surface area contributed by atoms with Crippen LogP contribution in [0.5, 0.6) is 0 Å². The van der Waals surface area contributed by atoms with Crippen molar-refractivity contribution in [1.82, 2.24) is 10.2 Å². The number of rotatable bonds is 5. The van der Waals surface area contributed by atoms with Gasteiger partial charge in [0.1, 0.15) is 13.1 Å². The molecule has 0 aromatic rings.